The zero-order chi connectivity index (χ0) is 19.9. The maximum Gasteiger partial charge on any atom is 0.311 e. The summed E-state index contributed by atoms with van der Waals surface area (Å²) in [7, 11) is 1.51. The molecular weight excluding hydrogens is 436 g/mol. The highest BCUT2D eigenvalue weighted by Crippen LogP contribution is 2.30. The molecule has 0 unspecified atom stereocenters. The Hall–Kier alpha value is -1.27. The molecule has 0 fully saturated rings. The van der Waals surface area contributed by atoms with Gasteiger partial charge in [0, 0.05) is 23.2 Å². The van der Waals surface area contributed by atoms with E-state index in [0.29, 0.717) is 24.5 Å². The summed E-state index contributed by atoms with van der Waals surface area (Å²) < 4.78 is 16.5. The average molecular weight is 464 g/mol. The van der Waals surface area contributed by atoms with Crippen LogP contribution in [0.5, 0.6) is 11.5 Å². The van der Waals surface area contributed by atoms with Crippen LogP contribution >= 0.6 is 27.5 Å². The Morgan fingerprint density at radius 3 is 2.30 bits per heavy atom. The Labute approximate surface area is 174 Å². The third-order valence-electron chi connectivity index (χ3n) is 3.90. The summed E-state index contributed by atoms with van der Waals surface area (Å²) >= 11 is 8.95. The summed E-state index contributed by atoms with van der Waals surface area (Å²) in [5.41, 5.74) is 0. The number of rotatable bonds is 14. The van der Waals surface area contributed by atoms with Crippen molar-refractivity contribution in [2.75, 3.05) is 19.6 Å². The van der Waals surface area contributed by atoms with Crippen molar-refractivity contribution in [2.24, 2.45) is 0 Å². The zero-order valence-electron chi connectivity index (χ0n) is 15.8. The second-order valence-corrected chi connectivity index (χ2v) is 7.45. The number of halogens is 2. The highest BCUT2D eigenvalue weighted by molar-refractivity contribution is 9.10. The molecule has 7 heteroatoms. The summed E-state index contributed by atoms with van der Waals surface area (Å²) in [5, 5.41) is 0. The fourth-order valence-corrected chi connectivity index (χ4v) is 2.97. The van der Waals surface area contributed by atoms with Crippen LogP contribution in [0.4, 0.5) is 0 Å². The summed E-state index contributed by atoms with van der Waals surface area (Å²) in [4.78, 5) is 23.6. The second-order valence-electron chi connectivity index (χ2n) is 6.15. The van der Waals surface area contributed by atoms with Crippen LogP contribution in [0.2, 0.25) is 0 Å². The average Bonchev–Trinajstić information content (AvgIpc) is 2.65. The fraction of sp³-hybridized carbons (Fsp3) is 0.600. The first-order chi connectivity index (χ1) is 13.1. The third-order valence-corrected chi connectivity index (χ3v) is 4.66. The number of methoxy groups -OCH3 is 1. The number of hydrogen-bond donors (Lipinski definition) is 0. The molecule has 152 valence electrons. The smallest absolute Gasteiger partial charge is 0.311 e. The molecule has 0 saturated carbocycles. The maximum absolute atomic E-state index is 11.9. The Morgan fingerprint density at radius 1 is 0.926 bits per heavy atom. The van der Waals surface area contributed by atoms with Crippen molar-refractivity contribution >= 4 is 39.5 Å². The van der Waals surface area contributed by atoms with E-state index in [0.717, 1.165) is 42.5 Å². The number of carbonyl (C=O) groups is 2. The van der Waals surface area contributed by atoms with Crippen LogP contribution in [0.3, 0.4) is 0 Å². The minimum atomic E-state index is -0.402. The first-order valence-electron chi connectivity index (χ1n) is 9.32. The van der Waals surface area contributed by atoms with Gasteiger partial charge < -0.3 is 14.2 Å². The lowest BCUT2D eigenvalue weighted by Crippen LogP contribution is -2.11. The van der Waals surface area contributed by atoms with E-state index in [4.69, 9.17) is 25.8 Å². The standard InChI is InChI=1S/C20H28BrClO5/c1-25-18-15-16(21)11-12-17(18)27-20(24)10-8-9-19(23)26-14-7-5-3-2-4-6-13-22/h11-12,15H,2-10,13-14H2,1H3. The normalized spacial score (nSPS) is 10.5. The van der Waals surface area contributed by atoms with Gasteiger partial charge in [-0.15, -0.1) is 11.6 Å². The minimum Gasteiger partial charge on any atom is -0.493 e. The van der Waals surface area contributed by atoms with Crippen LogP contribution in [0.25, 0.3) is 0 Å². The molecule has 5 nitrogen and oxygen atoms in total. The summed E-state index contributed by atoms with van der Waals surface area (Å²) in [5.74, 6) is 0.882. The van der Waals surface area contributed by atoms with E-state index >= 15 is 0 Å². The molecule has 0 bridgehead atoms. The summed E-state index contributed by atoms with van der Waals surface area (Å²) in [6.07, 6.45) is 7.21. The van der Waals surface area contributed by atoms with Crippen molar-refractivity contribution < 1.29 is 23.8 Å². The van der Waals surface area contributed by atoms with Crippen molar-refractivity contribution in [3.8, 4) is 11.5 Å². The van der Waals surface area contributed by atoms with Gasteiger partial charge in [-0.1, -0.05) is 41.6 Å². The van der Waals surface area contributed by atoms with Crippen molar-refractivity contribution in [3.05, 3.63) is 22.7 Å². The SMILES string of the molecule is COc1cc(Br)ccc1OC(=O)CCCC(=O)OCCCCCCCCCl. The third kappa shape index (κ3) is 11.2. The number of esters is 2. The number of unbranched alkanes of at least 4 members (excludes halogenated alkanes) is 5. The molecule has 0 atom stereocenters. The predicted molar refractivity (Wildman–Crippen MR) is 110 cm³/mol. The van der Waals surface area contributed by atoms with E-state index in [1.807, 2.05) is 0 Å². The number of alkyl halides is 1. The quantitative estimate of drug-likeness (QED) is 0.154. The molecule has 1 aromatic rings. The lowest BCUT2D eigenvalue weighted by atomic mass is 10.1. The van der Waals surface area contributed by atoms with E-state index in [9.17, 15) is 9.59 Å². The van der Waals surface area contributed by atoms with E-state index in [1.54, 1.807) is 18.2 Å². The van der Waals surface area contributed by atoms with Crippen LogP contribution in [-0.4, -0.2) is 31.5 Å². The highest BCUT2D eigenvalue weighted by Gasteiger charge is 2.12. The van der Waals surface area contributed by atoms with Gasteiger partial charge >= 0.3 is 11.9 Å². The van der Waals surface area contributed by atoms with Gasteiger partial charge in [-0.25, -0.2) is 0 Å². The molecular formula is C20H28BrClO5. The Bertz CT molecular complexity index is 579. The number of ether oxygens (including phenoxy) is 3. The summed E-state index contributed by atoms with van der Waals surface area (Å²) in [6.45, 7) is 0.439. The van der Waals surface area contributed by atoms with Crippen LogP contribution in [0.1, 0.15) is 57.8 Å². The van der Waals surface area contributed by atoms with Crippen LogP contribution in [-0.2, 0) is 14.3 Å². The van der Waals surface area contributed by atoms with Crippen LogP contribution in [0, 0.1) is 0 Å². The molecule has 0 spiro atoms. The van der Waals surface area contributed by atoms with Crippen LogP contribution < -0.4 is 9.47 Å². The van der Waals surface area contributed by atoms with Crippen LogP contribution in [0.15, 0.2) is 22.7 Å². The lowest BCUT2D eigenvalue weighted by Gasteiger charge is -2.09. The molecule has 0 aliphatic carbocycles. The Morgan fingerprint density at radius 2 is 1.59 bits per heavy atom. The predicted octanol–water partition coefficient (Wildman–Crippen LogP) is 5.66. The van der Waals surface area contributed by atoms with Gasteiger partial charge in [0.1, 0.15) is 0 Å². The van der Waals surface area contributed by atoms with Crippen molar-refractivity contribution in [1.29, 1.82) is 0 Å². The molecule has 0 N–H and O–H groups in total. The minimum absolute atomic E-state index is 0.148. The molecule has 1 rings (SSSR count). The van der Waals surface area contributed by atoms with Crippen molar-refractivity contribution in [2.45, 2.75) is 57.8 Å². The molecule has 0 aliphatic rings. The molecule has 1 aromatic carbocycles. The number of hydrogen-bond acceptors (Lipinski definition) is 5. The summed E-state index contributed by atoms with van der Waals surface area (Å²) in [6, 6.07) is 5.14. The number of carbonyl (C=O) groups excluding carboxylic acids is 2. The zero-order valence-corrected chi connectivity index (χ0v) is 18.1. The molecule has 27 heavy (non-hydrogen) atoms. The van der Waals surface area contributed by atoms with Gasteiger partial charge in [0.25, 0.3) is 0 Å². The van der Waals surface area contributed by atoms with Gasteiger partial charge in [-0.2, -0.15) is 0 Å². The molecule has 0 aromatic heterocycles. The Balaban J connectivity index is 2.11. The largest absolute Gasteiger partial charge is 0.493 e. The molecule has 0 amide bonds. The molecule has 0 heterocycles. The van der Waals surface area contributed by atoms with Crippen molar-refractivity contribution in [3.63, 3.8) is 0 Å². The maximum atomic E-state index is 11.9. The molecule has 0 saturated heterocycles. The first-order valence-corrected chi connectivity index (χ1v) is 10.7. The van der Waals surface area contributed by atoms with Crippen molar-refractivity contribution in [1.82, 2.24) is 0 Å². The fourth-order valence-electron chi connectivity index (χ4n) is 2.44. The van der Waals surface area contributed by atoms with Gasteiger partial charge in [0.05, 0.1) is 13.7 Å². The van der Waals surface area contributed by atoms with Gasteiger partial charge in [0.15, 0.2) is 11.5 Å². The topological polar surface area (TPSA) is 61.8 Å². The van der Waals surface area contributed by atoms with E-state index in [2.05, 4.69) is 15.9 Å². The molecule has 0 aliphatic heterocycles. The Kier molecular flexibility index (Phi) is 13.0. The van der Waals surface area contributed by atoms with E-state index in [-0.39, 0.29) is 18.8 Å². The van der Waals surface area contributed by atoms with E-state index < -0.39 is 5.97 Å². The van der Waals surface area contributed by atoms with Gasteiger partial charge in [-0.05, 0) is 37.5 Å². The molecule has 0 radical (unpaired) electrons. The lowest BCUT2D eigenvalue weighted by molar-refractivity contribution is -0.144. The van der Waals surface area contributed by atoms with Gasteiger partial charge in [-0.3, -0.25) is 9.59 Å². The highest BCUT2D eigenvalue weighted by atomic mass is 79.9. The number of benzene rings is 1. The first kappa shape index (κ1) is 23.8. The monoisotopic (exact) mass is 462 g/mol. The van der Waals surface area contributed by atoms with Gasteiger partial charge in [0.2, 0.25) is 0 Å². The van der Waals surface area contributed by atoms with E-state index in [1.165, 1.54) is 13.5 Å². The second kappa shape index (κ2) is 14.7.